The maximum atomic E-state index is 4.94. The number of hydrogen-bond acceptors (Lipinski definition) is 2. The lowest BCUT2D eigenvalue weighted by atomic mass is 10.3. The Kier molecular flexibility index (Phi) is 1.65. The molecule has 1 rings (SSSR count). The molecule has 41 valence electrons. The number of hydrogen-bond donors (Lipinski definition) is 0. The van der Waals surface area contributed by atoms with Gasteiger partial charge in [-0.05, 0) is 6.92 Å². The van der Waals surface area contributed by atoms with Crippen molar-refractivity contribution in [3.8, 4) is 0 Å². The third-order valence-electron chi connectivity index (χ3n) is 0.961. The van der Waals surface area contributed by atoms with Crippen LogP contribution < -0.4 is 0 Å². The highest BCUT2D eigenvalue weighted by atomic mass is 16.7. The van der Waals surface area contributed by atoms with Crippen LogP contribution in [0.1, 0.15) is 6.42 Å². The highest BCUT2D eigenvalue weighted by molar-refractivity contribution is 4.54. The molecule has 0 aromatic heterocycles. The Hall–Kier alpha value is -0.0800. The summed E-state index contributed by atoms with van der Waals surface area (Å²) in [5, 5.41) is 0. The lowest BCUT2D eigenvalue weighted by molar-refractivity contribution is -0.209. The highest BCUT2D eigenvalue weighted by Gasteiger charge is 2.16. The monoisotopic (exact) mass is 101 g/mol. The molecule has 1 fully saturated rings. The minimum absolute atomic E-state index is 0.0671. The first kappa shape index (κ1) is 5.06. The summed E-state index contributed by atoms with van der Waals surface area (Å²) < 4.78 is 9.85. The average Bonchev–Trinajstić information content (AvgIpc) is 1.55. The van der Waals surface area contributed by atoms with Crippen molar-refractivity contribution < 1.29 is 9.47 Å². The van der Waals surface area contributed by atoms with E-state index in [9.17, 15) is 0 Å². The van der Waals surface area contributed by atoms with Crippen LogP contribution in [0.25, 0.3) is 0 Å². The van der Waals surface area contributed by atoms with Crippen LogP contribution in [0.3, 0.4) is 0 Å². The van der Waals surface area contributed by atoms with Gasteiger partial charge in [0.2, 0.25) is 0 Å². The first-order valence-electron chi connectivity index (χ1n) is 2.46. The Labute approximate surface area is 43.4 Å². The Morgan fingerprint density at radius 2 is 2.57 bits per heavy atom. The molecule has 0 aromatic carbocycles. The van der Waals surface area contributed by atoms with Gasteiger partial charge in [0.15, 0.2) is 6.29 Å². The Balaban J connectivity index is 1.93. The Morgan fingerprint density at radius 1 is 1.86 bits per heavy atom. The van der Waals surface area contributed by atoms with Gasteiger partial charge in [0.25, 0.3) is 0 Å². The summed E-state index contributed by atoms with van der Waals surface area (Å²) in [6.45, 7) is 4.88. The molecule has 0 aromatic rings. The molecule has 1 aliphatic rings. The SMILES string of the molecule is [CH2]COC1CCO1. The zero-order valence-electron chi connectivity index (χ0n) is 4.22. The molecule has 1 aliphatic heterocycles. The van der Waals surface area contributed by atoms with Crippen molar-refractivity contribution in [3.05, 3.63) is 6.92 Å². The second kappa shape index (κ2) is 2.28. The fourth-order valence-corrected chi connectivity index (χ4v) is 0.477. The van der Waals surface area contributed by atoms with Crippen LogP contribution in [0.5, 0.6) is 0 Å². The molecular weight excluding hydrogens is 92.1 g/mol. The summed E-state index contributed by atoms with van der Waals surface area (Å²) in [6.07, 6.45) is 1.10. The molecule has 2 heteroatoms. The second-order valence-electron chi connectivity index (χ2n) is 1.46. The minimum atomic E-state index is 0.0671. The standard InChI is InChI=1S/C5H9O2/c1-2-6-5-3-4-7-5/h5H,1-4H2. The fraction of sp³-hybridized carbons (Fsp3) is 0.800. The third kappa shape index (κ3) is 1.14. The van der Waals surface area contributed by atoms with E-state index in [2.05, 4.69) is 6.92 Å². The lowest BCUT2D eigenvalue weighted by Crippen LogP contribution is -2.29. The summed E-state index contributed by atoms with van der Waals surface area (Å²) in [5.74, 6) is 0. The van der Waals surface area contributed by atoms with Crippen molar-refractivity contribution in [1.29, 1.82) is 0 Å². The molecule has 0 aliphatic carbocycles. The molecular formula is C5H9O2. The summed E-state index contributed by atoms with van der Waals surface area (Å²) >= 11 is 0. The smallest absolute Gasteiger partial charge is 0.159 e. The van der Waals surface area contributed by atoms with Gasteiger partial charge in [0, 0.05) is 13.0 Å². The molecule has 1 atom stereocenters. The van der Waals surface area contributed by atoms with Gasteiger partial charge in [-0.2, -0.15) is 0 Å². The third-order valence-corrected chi connectivity index (χ3v) is 0.961. The van der Waals surface area contributed by atoms with Gasteiger partial charge in [-0.15, -0.1) is 0 Å². The maximum absolute atomic E-state index is 4.94. The predicted molar refractivity (Wildman–Crippen MR) is 25.7 cm³/mol. The zero-order valence-corrected chi connectivity index (χ0v) is 4.22. The second-order valence-corrected chi connectivity index (χ2v) is 1.46. The summed E-state index contributed by atoms with van der Waals surface area (Å²) in [4.78, 5) is 0. The first-order valence-corrected chi connectivity index (χ1v) is 2.46. The van der Waals surface area contributed by atoms with Crippen molar-refractivity contribution in [2.45, 2.75) is 12.7 Å². The van der Waals surface area contributed by atoms with Gasteiger partial charge >= 0.3 is 0 Å². The molecule has 7 heavy (non-hydrogen) atoms. The quantitative estimate of drug-likeness (QED) is 0.506. The zero-order chi connectivity index (χ0) is 5.11. The van der Waals surface area contributed by atoms with E-state index in [1.807, 2.05) is 0 Å². The van der Waals surface area contributed by atoms with Crippen LogP contribution in [0.2, 0.25) is 0 Å². The van der Waals surface area contributed by atoms with E-state index in [1.54, 1.807) is 0 Å². The summed E-state index contributed by atoms with van der Waals surface area (Å²) in [7, 11) is 0. The van der Waals surface area contributed by atoms with E-state index >= 15 is 0 Å². The molecule has 0 spiro atoms. The molecule has 0 saturated carbocycles. The number of rotatable bonds is 2. The topological polar surface area (TPSA) is 18.5 Å². The molecule has 2 nitrogen and oxygen atoms in total. The fourth-order valence-electron chi connectivity index (χ4n) is 0.477. The Bertz CT molecular complexity index is 50.0. The average molecular weight is 101 g/mol. The molecule has 1 unspecified atom stereocenters. The van der Waals surface area contributed by atoms with Crippen LogP contribution in [0, 0.1) is 6.92 Å². The molecule has 0 N–H and O–H groups in total. The lowest BCUT2D eigenvalue weighted by Gasteiger charge is -2.25. The molecule has 1 heterocycles. The molecule has 1 radical (unpaired) electrons. The van der Waals surface area contributed by atoms with Crippen molar-refractivity contribution in [2.75, 3.05) is 13.2 Å². The maximum Gasteiger partial charge on any atom is 0.159 e. The van der Waals surface area contributed by atoms with Crippen molar-refractivity contribution in [1.82, 2.24) is 0 Å². The van der Waals surface area contributed by atoms with Crippen LogP contribution in [-0.2, 0) is 9.47 Å². The summed E-state index contributed by atoms with van der Waals surface area (Å²) in [5.41, 5.74) is 0. The van der Waals surface area contributed by atoms with Gasteiger partial charge in [-0.25, -0.2) is 0 Å². The van der Waals surface area contributed by atoms with E-state index in [0.29, 0.717) is 6.61 Å². The van der Waals surface area contributed by atoms with E-state index in [0.717, 1.165) is 13.0 Å². The summed E-state index contributed by atoms with van der Waals surface area (Å²) in [6, 6.07) is 0. The van der Waals surface area contributed by atoms with Gasteiger partial charge in [0.1, 0.15) is 0 Å². The van der Waals surface area contributed by atoms with E-state index in [1.165, 1.54) is 0 Å². The van der Waals surface area contributed by atoms with Gasteiger partial charge in [-0.3, -0.25) is 0 Å². The normalized spacial score (nSPS) is 29.6. The van der Waals surface area contributed by atoms with Gasteiger partial charge in [-0.1, -0.05) is 0 Å². The van der Waals surface area contributed by atoms with Crippen LogP contribution in [0.15, 0.2) is 0 Å². The molecule has 1 saturated heterocycles. The molecule has 0 amide bonds. The van der Waals surface area contributed by atoms with Crippen molar-refractivity contribution >= 4 is 0 Å². The van der Waals surface area contributed by atoms with Crippen LogP contribution >= 0.6 is 0 Å². The number of ether oxygens (including phenoxy) is 2. The van der Waals surface area contributed by atoms with E-state index < -0.39 is 0 Å². The van der Waals surface area contributed by atoms with Crippen LogP contribution in [0.4, 0.5) is 0 Å². The largest absolute Gasteiger partial charge is 0.353 e. The van der Waals surface area contributed by atoms with Crippen LogP contribution in [-0.4, -0.2) is 19.5 Å². The van der Waals surface area contributed by atoms with Crippen molar-refractivity contribution in [3.63, 3.8) is 0 Å². The molecule has 0 bridgehead atoms. The van der Waals surface area contributed by atoms with Crippen molar-refractivity contribution in [2.24, 2.45) is 0 Å². The van der Waals surface area contributed by atoms with Gasteiger partial charge in [0.05, 0.1) is 6.61 Å². The first-order chi connectivity index (χ1) is 3.43. The minimum Gasteiger partial charge on any atom is -0.353 e. The highest BCUT2D eigenvalue weighted by Crippen LogP contribution is 2.10. The van der Waals surface area contributed by atoms with E-state index in [-0.39, 0.29) is 6.29 Å². The Morgan fingerprint density at radius 3 is 2.71 bits per heavy atom. The van der Waals surface area contributed by atoms with Gasteiger partial charge < -0.3 is 9.47 Å². The van der Waals surface area contributed by atoms with E-state index in [4.69, 9.17) is 9.47 Å². The predicted octanol–water partition coefficient (Wildman–Crippen LogP) is 0.583.